The van der Waals surface area contributed by atoms with Gasteiger partial charge in [0.05, 0.1) is 6.10 Å². The second-order valence-electron chi connectivity index (χ2n) is 3.55. The Morgan fingerprint density at radius 1 is 1.57 bits per heavy atom. The van der Waals surface area contributed by atoms with Crippen molar-refractivity contribution in [3.8, 4) is 0 Å². The van der Waals surface area contributed by atoms with Crippen molar-refractivity contribution in [2.75, 3.05) is 20.4 Å². The normalized spacial score (nSPS) is 16.0. The monoisotopic (exact) mass is 202 g/mol. The molecule has 0 aromatic heterocycles. The molecule has 0 aliphatic rings. The Hall–Kier alpha value is -0.450. The van der Waals surface area contributed by atoms with E-state index in [4.69, 9.17) is 10.5 Å². The van der Waals surface area contributed by atoms with Gasteiger partial charge in [0.15, 0.2) is 0 Å². The van der Waals surface area contributed by atoms with E-state index in [1.807, 2.05) is 6.21 Å². The van der Waals surface area contributed by atoms with Crippen LogP contribution in [0.1, 0.15) is 26.2 Å². The summed E-state index contributed by atoms with van der Waals surface area (Å²) < 4.78 is 4.79. The predicted molar refractivity (Wildman–Crippen MR) is 58.4 cm³/mol. The summed E-state index contributed by atoms with van der Waals surface area (Å²) >= 11 is 0. The quantitative estimate of drug-likeness (QED) is 0.572. The zero-order valence-corrected chi connectivity index (χ0v) is 9.15. The zero-order chi connectivity index (χ0) is 10.8. The van der Waals surface area contributed by atoms with Crippen LogP contribution in [0.3, 0.4) is 0 Å². The molecule has 3 N–H and O–H groups in total. The van der Waals surface area contributed by atoms with E-state index >= 15 is 0 Å². The molecule has 0 aromatic carbocycles. The Labute approximate surface area is 86.2 Å². The van der Waals surface area contributed by atoms with Crippen LogP contribution in [-0.2, 0) is 4.74 Å². The molecule has 2 atom stereocenters. The number of nitrogens with zero attached hydrogens (tertiary/aromatic N) is 1. The first kappa shape index (κ1) is 13.5. The van der Waals surface area contributed by atoms with Crippen molar-refractivity contribution in [2.24, 2.45) is 16.6 Å². The molecule has 0 aliphatic carbocycles. The number of aliphatic hydroxyl groups excluding tert-OH is 1. The van der Waals surface area contributed by atoms with Crippen LogP contribution in [0.2, 0.25) is 0 Å². The van der Waals surface area contributed by atoms with E-state index in [1.54, 1.807) is 14.0 Å². The van der Waals surface area contributed by atoms with Crippen molar-refractivity contribution in [2.45, 2.75) is 32.3 Å². The molecule has 0 saturated heterocycles. The van der Waals surface area contributed by atoms with Gasteiger partial charge in [0.25, 0.3) is 0 Å². The maximum absolute atomic E-state index is 9.24. The molecule has 0 bridgehead atoms. The number of hydrogen-bond donors (Lipinski definition) is 2. The molecule has 0 rings (SSSR count). The fourth-order valence-corrected chi connectivity index (χ4v) is 1.40. The summed E-state index contributed by atoms with van der Waals surface area (Å²) in [5.74, 6) is 0.431. The topological polar surface area (TPSA) is 67.8 Å². The minimum absolute atomic E-state index is 0.262. The number of aliphatic imine (C=N–C) groups is 1. The smallest absolute Gasteiger partial charge is 0.136 e. The minimum atomic E-state index is -0.262. The number of nitrogens with two attached hydrogens (primary N) is 1. The van der Waals surface area contributed by atoms with Crippen molar-refractivity contribution in [3.05, 3.63) is 0 Å². The highest BCUT2D eigenvalue weighted by Gasteiger charge is 2.09. The molecular weight excluding hydrogens is 180 g/mol. The SMILES string of the molecule is COCN=CCC(CCN)CC(C)O. The predicted octanol–water partition coefficient (Wildman–Crippen LogP) is 0.787. The number of rotatable bonds is 8. The van der Waals surface area contributed by atoms with Crippen molar-refractivity contribution in [3.63, 3.8) is 0 Å². The maximum atomic E-state index is 9.24. The molecular formula is C10H22N2O2. The lowest BCUT2D eigenvalue weighted by atomic mass is 9.95. The van der Waals surface area contributed by atoms with E-state index in [-0.39, 0.29) is 6.10 Å². The van der Waals surface area contributed by atoms with Gasteiger partial charge in [0.1, 0.15) is 6.73 Å². The molecule has 4 heteroatoms. The van der Waals surface area contributed by atoms with Crippen LogP contribution in [0.5, 0.6) is 0 Å². The third-order valence-corrected chi connectivity index (χ3v) is 2.02. The lowest BCUT2D eigenvalue weighted by molar-refractivity contribution is 0.160. The van der Waals surface area contributed by atoms with Gasteiger partial charge < -0.3 is 15.6 Å². The number of ether oxygens (including phenoxy) is 1. The van der Waals surface area contributed by atoms with Gasteiger partial charge in [-0.05, 0) is 38.6 Å². The summed E-state index contributed by atoms with van der Waals surface area (Å²) in [4.78, 5) is 4.05. The van der Waals surface area contributed by atoms with E-state index in [9.17, 15) is 5.11 Å². The third-order valence-electron chi connectivity index (χ3n) is 2.02. The summed E-state index contributed by atoms with van der Waals surface area (Å²) in [5, 5.41) is 9.24. The van der Waals surface area contributed by atoms with Crippen LogP contribution in [-0.4, -0.2) is 37.8 Å². The van der Waals surface area contributed by atoms with Gasteiger partial charge in [-0.15, -0.1) is 0 Å². The van der Waals surface area contributed by atoms with E-state index in [1.165, 1.54) is 0 Å². The summed E-state index contributed by atoms with van der Waals surface area (Å²) in [7, 11) is 1.62. The van der Waals surface area contributed by atoms with E-state index in [2.05, 4.69) is 4.99 Å². The number of hydrogen-bond acceptors (Lipinski definition) is 4. The van der Waals surface area contributed by atoms with Crippen molar-refractivity contribution >= 4 is 6.21 Å². The standard InChI is InChI=1S/C10H22N2O2/c1-9(13)7-10(3-5-11)4-6-12-8-14-2/h6,9-10,13H,3-5,7-8,11H2,1-2H3. The van der Waals surface area contributed by atoms with Gasteiger partial charge in [-0.3, -0.25) is 4.99 Å². The van der Waals surface area contributed by atoms with Gasteiger partial charge in [-0.2, -0.15) is 0 Å². The van der Waals surface area contributed by atoms with Crippen LogP contribution in [0.4, 0.5) is 0 Å². The van der Waals surface area contributed by atoms with Gasteiger partial charge in [0.2, 0.25) is 0 Å². The van der Waals surface area contributed by atoms with Crippen LogP contribution >= 0.6 is 0 Å². The maximum Gasteiger partial charge on any atom is 0.136 e. The summed E-state index contributed by atoms with van der Waals surface area (Å²) in [6, 6.07) is 0. The Kier molecular flexibility index (Phi) is 8.83. The van der Waals surface area contributed by atoms with Gasteiger partial charge in [-0.25, -0.2) is 0 Å². The molecule has 0 amide bonds. The fourth-order valence-electron chi connectivity index (χ4n) is 1.40. The lowest BCUT2D eigenvalue weighted by Gasteiger charge is -2.15. The summed E-state index contributed by atoms with van der Waals surface area (Å²) in [6.07, 6.45) is 4.18. The van der Waals surface area contributed by atoms with E-state index in [0.29, 0.717) is 19.2 Å². The average molecular weight is 202 g/mol. The molecule has 14 heavy (non-hydrogen) atoms. The van der Waals surface area contributed by atoms with Gasteiger partial charge in [0, 0.05) is 13.3 Å². The zero-order valence-electron chi connectivity index (χ0n) is 9.15. The largest absolute Gasteiger partial charge is 0.393 e. The molecule has 0 spiro atoms. The second kappa shape index (κ2) is 9.12. The first-order chi connectivity index (χ1) is 6.70. The first-order valence-corrected chi connectivity index (χ1v) is 5.06. The van der Waals surface area contributed by atoms with E-state index < -0.39 is 0 Å². The van der Waals surface area contributed by atoms with Crippen LogP contribution in [0.15, 0.2) is 4.99 Å². The van der Waals surface area contributed by atoms with Crippen LogP contribution in [0, 0.1) is 5.92 Å². The highest BCUT2D eigenvalue weighted by Crippen LogP contribution is 2.13. The Bertz CT molecular complexity index is 149. The molecule has 84 valence electrons. The Morgan fingerprint density at radius 3 is 2.79 bits per heavy atom. The average Bonchev–Trinajstić information content (AvgIpc) is 2.12. The van der Waals surface area contributed by atoms with Crippen LogP contribution < -0.4 is 5.73 Å². The summed E-state index contributed by atoms with van der Waals surface area (Å²) in [5.41, 5.74) is 5.48. The second-order valence-corrected chi connectivity index (χ2v) is 3.55. The lowest BCUT2D eigenvalue weighted by Crippen LogP contribution is -2.15. The molecule has 0 aromatic rings. The number of aliphatic hydroxyl groups is 1. The third kappa shape index (κ3) is 8.16. The summed E-state index contributed by atoms with van der Waals surface area (Å²) in [6.45, 7) is 2.87. The molecule has 0 aliphatic heterocycles. The molecule has 2 unspecified atom stereocenters. The highest BCUT2D eigenvalue weighted by atomic mass is 16.5. The van der Waals surface area contributed by atoms with Crippen LogP contribution in [0.25, 0.3) is 0 Å². The first-order valence-electron chi connectivity index (χ1n) is 5.06. The molecule has 4 nitrogen and oxygen atoms in total. The highest BCUT2D eigenvalue weighted by molar-refractivity contribution is 5.57. The molecule has 0 saturated carbocycles. The van der Waals surface area contributed by atoms with Gasteiger partial charge in [-0.1, -0.05) is 0 Å². The van der Waals surface area contributed by atoms with Gasteiger partial charge >= 0.3 is 0 Å². The molecule has 0 fully saturated rings. The molecule has 0 radical (unpaired) electrons. The van der Waals surface area contributed by atoms with Crippen molar-refractivity contribution in [1.29, 1.82) is 0 Å². The van der Waals surface area contributed by atoms with Crippen molar-refractivity contribution in [1.82, 2.24) is 0 Å². The Balaban J connectivity index is 3.71. The molecule has 0 heterocycles. The van der Waals surface area contributed by atoms with Crippen molar-refractivity contribution < 1.29 is 9.84 Å². The van der Waals surface area contributed by atoms with E-state index in [0.717, 1.165) is 19.3 Å². The minimum Gasteiger partial charge on any atom is -0.393 e. The number of methoxy groups -OCH3 is 1. The Morgan fingerprint density at radius 2 is 2.29 bits per heavy atom. The fraction of sp³-hybridized carbons (Fsp3) is 0.900.